The first kappa shape index (κ1) is 19.3. The Morgan fingerprint density at radius 2 is 2.04 bits per heavy atom. The van der Waals surface area contributed by atoms with Gasteiger partial charge in [-0.2, -0.15) is 8.78 Å². The van der Waals surface area contributed by atoms with Gasteiger partial charge in [0.1, 0.15) is 17.8 Å². The average Bonchev–Trinajstić information content (AvgIpc) is 3.13. The van der Waals surface area contributed by atoms with Gasteiger partial charge in [-0.1, -0.05) is 12.2 Å². The summed E-state index contributed by atoms with van der Waals surface area (Å²) in [5.74, 6) is -0.893. The zero-order valence-corrected chi connectivity index (χ0v) is 14.6. The van der Waals surface area contributed by atoms with Gasteiger partial charge in [0.2, 0.25) is 0 Å². The fourth-order valence-corrected chi connectivity index (χ4v) is 2.74. The Kier molecular flexibility index (Phi) is 5.88. The number of carboxylic acid groups (broad SMARTS) is 1. The highest BCUT2D eigenvalue weighted by atomic mass is 19.3. The van der Waals surface area contributed by atoms with Gasteiger partial charge in [0.15, 0.2) is 0 Å². The van der Waals surface area contributed by atoms with Crippen LogP contribution in [0, 0.1) is 5.92 Å². The first-order valence-electron chi connectivity index (χ1n) is 8.46. The van der Waals surface area contributed by atoms with E-state index in [1.807, 2.05) is 0 Å². The number of hydrogen-bond donors (Lipinski definition) is 2. The summed E-state index contributed by atoms with van der Waals surface area (Å²) in [6.45, 7) is -2.90. The SMILES string of the molecule is O=C(O)CC1C=CC(NC(=O)c2coc(-c3ccc(OC(F)F)cc3)c2)=CC1. The lowest BCUT2D eigenvalue weighted by molar-refractivity contribution is -0.137. The lowest BCUT2D eigenvalue weighted by Crippen LogP contribution is -2.23. The van der Waals surface area contributed by atoms with E-state index in [4.69, 9.17) is 9.52 Å². The van der Waals surface area contributed by atoms with E-state index >= 15 is 0 Å². The Hall–Kier alpha value is -3.42. The van der Waals surface area contributed by atoms with Gasteiger partial charge in [-0.05, 0) is 48.7 Å². The van der Waals surface area contributed by atoms with Crippen molar-refractivity contribution in [1.82, 2.24) is 5.32 Å². The van der Waals surface area contributed by atoms with Crippen molar-refractivity contribution in [1.29, 1.82) is 0 Å². The topological polar surface area (TPSA) is 88.8 Å². The molecule has 1 amide bonds. The number of allylic oxidation sites excluding steroid dienone is 3. The molecule has 1 aromatic heterocycles. The molecule has 0 saturated carbocycles. The molecular weight excluding hydrogens is 372 g/mol. The molecule has 3 rings (SSSR count). The van der Waals surface area contributed by atoms with Gasteiger partial charge in [0.05, 0.1) is 12.0 Å². The molecule has 28 heavy (non-hydrogen) atoms. The van der Waals surface area contributed by atoms with E-state index in [0.717, 1.165) is 0 Å². The van der Waals surface area contributed by atoms with E-state index in [1.165, 1.54) is 18.4 Å². The molecule has 0 bridgehead atoms. The predicted molar refractivity (Wildman–Crippen MR) is 95.8 cm³/mol. The number of furan rings is 1. The van der Waals surface area contributed by atoms with E-state index in [0.29, 0.717) is 29.0 Å². The first-order valence-corrected chi connectivity index (χ1v) is 8.46. The van der Waals surface area contributed by atoms with Crippen LogP contribution in [0.2, 0.25) is 0 Å². The van der Waals surface area contributed by atoms with Crippen molar-refractivity contribution in [2.24, 2.45) is 5.92 Å². The minimum absolute atomic E-state index is 0.0282. The van der Waals surface area contributed by atoms with Gasteiger partial charge < -0.3 is 19.6 Å². The highest BCUT2D eigenvalue weighted by molar-refractivity contribution is 5.96. The highest BCUT2D eigenvalue weighted by Crippen LogP contribution is 2.25. The van der Waals surface area contributed by atoms with E-state index in [1.54, 1.807) is 36.4 Å². The molecule has 0 radical (unpaired) electrons. The van der Waals surface area contributed by atoms with Crippen LogP contribution in [0.25, 0.3) is 11.3 Å². The molecule has 146 valence electrons. The quantitative estimate of drug-likeness (QED) is 0.740. The average molecular weight is 389 g/mol. The van der Waals surface area contributed by atoms with Gasteiger partial charge in [-0.15, -0.1) is 0 Å². The number of alkyl halides is 2. The van der Waals surface area contributed by atoms with E-state index in [2.05, 4.69) is 10.1 Å². The Morgan fingerprint density at radius 3 is 2.64 bits per heavy atom. The van der Waals surface area contributed by atoms with Crippen molar-refractivity contribution in [2.45, 2.75) is 19.5 Å². The van der Waals surface area contributed by atoms with Crippen molar-refractivity contribution >= 4 is 11.9 Å². The number of carbonyl (C=O) groups is 2. The van der Waals surface area contributed by atoms with Gasteiger partial charge in [-0.3, -0.25) is 9.59 Å². The van der Waals surface area contributed by atoms with Crippen molar-refractivity contribution in [3.05, 3.63) is 66.1 Å². The third kappa shape index (κ3) is 5.06. The molecule has 0 aliphatic heterocycles. The third-order valence-electron chi connectivity index (χ3n) is 4.11. The normalized spacial score (nSPS) is 16.0. The van der Waals surface area contributed by atoms with Crippen molar-refractivity contribution in [2.75, 3.05) is 0 Å². The maximum Gasteiger partial charge on any atom is 0.387 e. The summed E-state index contributed by atoms with van der Waals surface area (Å²) in [5, 5.41) is 11.5. The second-order valence-electron chi connectivity index (χ2n) is 6.17. The summed E-state index contributed by atoms with van der Waals surface area (Å²) < 4.78 is 34.0. The second kappa shape index (κ2) is 8.51. The molecule has 2 N–H and O–H groups in total. The molecule has 6 nitrogen and oxygen atoms in total. The molecular formula is C20H17F2NO5. The number of nitrogens with one attached hydrogen (secondary N) is 1. The second-order valence-corrected chi connectivity index (χ2v) is 6.17. The fraction of sp³-hybridized carbons (Fsp3) is 0.200. The number of benzene rings is 1. The van der Waals surface area contributed by atoms with Crippen LogP contribution in [0.3, 0.4) is 0 Å². The molecule has 1 aliphatic rings. The van der Waals surface area contributed by atoms with Crippen molar-refractivity contribution in [3.8, 4) is 17.1 Å². The summed E-state index contributed by atoms with van der Waals surface area (Å²) in [6, 6.07) is 7.41. The molecule has 1 aromatic carbocycles. The van der Waals surface area contributed by atoms with Gasteiger partial charge >= 0.3 is 12.6 Å². The number of halogens is 2. The molecule has 8 heteroatoms. The number of carbonyl (C=O) groups excluding carboxylic acids is 1. The van der Waals surface area contributed by atoms with Crippen LogP contribution in [-0.2, 0) is 4.79 Å². The first-order chi connectivity index (χ1) is 13.4. The van der Waals surface area contributed by atoms with Gasteiger partial charge in [0.25, 0.3) is 5.91 Å². The van der Waals surface area contributed by atoms with E-state index in [9.17, 15) is 18.4 Å². The lowest BCUT2D eigenvalue weighted by atomic mass is 9.96. The number of amides is 1. The Balaban J connectivity index is 1.61. The summed E-state index contributed by atoms with van der Waals surface area (Å²) in [6.07, 6.45) is 7.08. The fourth-order valence-electron chi connectivity index (χ4n) is 2.74. The number of rotatable bonds is 7. The lowest BCUT2D eigenvalue weighted by Gasteiger charge is -2.14. The minimum atomic E-state index is -2.90. The summed E-state index contributed by atoms with van der Waals surface area (Å²) in [5.41, 5.74) is 1.49. The maximum atomic E-state index is 12.3. The summed E-state index contributed by atoms with van der Waals surface area (Å²) in [4.78, 5) is 23.1. The predicted octanol–water partition coefficient (Wildman–Crippen LogP) is 4.21. The van der Waals surface area contributed by atoms with Crippen molar-refractivity contribution in [3.63, 3.8) is 0 Å². The molecule has 0 spiro atoms. The molecule has 0 saturated heterocycles. The van der Waals surface area contributed by atoms with Crippen LogP contribution < -0.4 is 10.1 Å². The molecule has 0 fully saturated rings. The van der Waals surface area contributed by atoms with E-state index in [-0.39, 0.29) is 24.0 Å². The van der Waals surface area contributed by atoms with Crippen LogP contribution in [0.1, 0.15) is 23.2 Å². The Morgan fingerprint density at radius 1 is 1.29 bits per heavy atom. The number of carboxylic acids is 1. The van der Waals surface area contributed by atoms with Crippen molar-refractivity contribution < 1.29 is 32.6 Å². The van der Waals surface area contributed by atoms with Crippen LogP contribution in [0.4, 0.5) is 8.78 Å². The smallest absolute Gasteiger partial charge is 0.387 e. The third-order valence-corrected chi connectivity index (χ3v) is 4.11. The highest BCUT2D eigenvalue weighted by Gasteiger charge is 2.16. The largest absolute Gasteiger partial charge is 0.481 e. The van der Waals surface area contributed by atoms with Crippen LogP contribution in [0.5, 0.6) is 5.75 Å². The molecule has 1 unspecified atom stereocenters. The van der Waals surface area contributed by atoms with Gasteiger partial charge in [0, 0.05) is 11.3 Å². The maximum absolute atomic E-state index is 12.3. The number of aliphatic carboxylic acids is 1. The zero-order valence-electron chi connectivity index (χ0n) is 14.6. The van der Waals surface area contributed by atoms with Gasteiger partial charge in [-0.25, -0.2) is 0 Å². The van der Waals surface area contributed by atoms with Crippen LogP contribution in [-0.4, -0.2) is 23.6 Å². The molecule has 1 aliphatic carbocycles. The monoisotopic (exact) mass is 389 g/mol. The Labute approximate surface area is 159 Å². The zero-order chi connectivity index (χ0) is 20.1. The molecule has 1 atom stereocenters. The summed E-state index contributed by atoms with van der Waals surface area (Å²) in [7, 11) is 0. The summed E-state index contributed by atoms with van der Waals surface area (Å²) >= 11 is 0. The van der Waals surface area contributed by atoms with Crippen LogP contribution >= 0.6 is 0 Å². The molecule has 1 heterocycles. The Bertz CT molecular complexity index is 915. The number of ether oxygens (including phenoxy) is 1. The standard InChI is InChI=1S/C20H17F2NO5/c21-20(22)28-16-7-3-13(4-8-16)17-10-14(11-27-17)19(26)23-15-5-1-12(2-6-15)9-18(24)25/h1,3-8,10-12,20H,2,9H2,(H,23,26)(H,24,25). The van der Waals surface area contributed by atoms with E-state index < -0.39 is 12.6 Å². The number of hydrogen-bond acceptors (Lipinski definition) is 4. The minimum Gasteiger partial charge on any atom is -0.481 e. The van der Waals surface area contributed by atoms with Crippen LogP contribution in [0.15, 0.2) is 64.9 Å². The molecule has 2 aromatic rings.